The van der Waals surface area contributed by atoms with E-state index in [-0.39, 0.29) is 41.4 Å². The molecule has 7 nitrogen and oxygen atoms in total. The zero-order valence-corrected chi connectivity index (χ0v) is 18.1. The molecule has 2 aliphatic rings. The van der Waals surface area contributed by atoms with Crippen molar-refractivity contribution in [3.8, 4) is 6.07 Å². The van der Waals surface area contributed by atoms with Crippen LogP contribution in [0.15, 0.2) is 59.5 Å². The van der Waals surface area contributed by atoms with Crippen molar-refractivity contribution in [2.45, 2.75) is 30.2 Å². The summed E-state index contributed by atoms with van der Waals surface area (Å²) in [5.74, 6) is -0.0417. The Morgan fingerprint density at radius 3 is 2.35 bits per heavy atom. The van der Waals surface area contributed by atoms with Crippen LogP contribution in [0.5, 0.6) is 0 Å². The fourth-order valence-electron chi connectivity index (χ4n) is 4.37. The van der Waals surface area contributed by atoms with Gasteiger partial charge in [0, 0.05) is 43.8 Å². The molecule has 0 bridgehead atoms. The Morgan fingerprint density at radius 1 is 0.968 bits per heavy atom. The summed E-state index contributed by atoms with van der Waals surface area (Å²) >= 11 is 0. The van der Waals surface area contributed by atoms with Crippen molar-refractivity contribution in [2.24, 2.45) is 5.92 Å². The molecule has 1 atom stereocenters. The topological polar surface area (TPSA) is 93.5 Å². The van der Waals surface area contributed by atoms with E-state index in [9.17, 15) is 18.5 Å². The minimum Gasteiger partial charge on any atom is -0.380 e. The van der Waals surface area contributed by atoms with Gasteiger partial charge in [0.25, 0.3) is 0 Å². The van der Waals surface area contributed by atoms with Gasteiger partial charge in [-0.2, -0.15) is 9.57 Å². The number of benzene rings is 2. The quantitative estimate of drug-likeness (QED) is 0.775. The van der Waals surface area contributed by atoms with Crippen LogP contribution in [0.3, 0.4) is 0 Å². The van der Waals surface area contributed by atoms with E-state index in [1.807, 2.05) is 41.3 Å². The van der Waals surface area contributed by atoms with Crippen molar-refractivity contribution < 1.29 is 13.2 Å². The third-order valence-corrected chi connectivity index (χ3v) is 8.03. The van der Waals surface area contributed by atoms with Crippen molar-refractivity contribution in [1.82, 2.24) is 9.21 Å². The fraction of sp³-hybridized carbons (Fsp3) is 0.391. The maximum Gasteiger partial charge on any atom is 0.244 e. The Labute approximate surface area is 183 Å². The summed E-state index contributed by atoms with van der Waals surface area (Å²) < 4.78 is 27.4. The van der Waals surface area contributed by atoms with Gasteiger partial charge in [0.2, 0.25) is 15.9 Å². The van der Waals surface area contributed by atoms with E-state index in [0.29, 0.717) is 19.4 Å². The number of anilines is 1. The summed E-state index contributed by atoms with van der Waals surface area (Å²) in [5.41, 5.74) is 1.20. The molecular formula is C23H26N4O3S. The number of nitrogens with zero attached hydrogens (tertiary/aromatic N) is 3. The molecule has 1 amide bonds. The molecular weight excluding hydrogens is 412 g/mol. The summed E-state index contributed by atoms with van der Waals surface area (Å²) in [6, 6.07) is 18.4. The number of piperidine rings is 1. The molecule has 2 heterocycles. The minimum absolute atomic E-state index is 0.0386. The lowest BCUT2D eigenvalue weighted by Crippen LogP contribution is -2.44. The number of sulfonamides is 1. The van der Waals surface area contributed by atoms with Crippen molar-refractivity contribution in [1.29, 1.82) is 5.26 Å². The highest BCUT2D eigenvalue weighted by molar-refractivity contribution is 7.89. The molecule has 2 saturated heterocycles. The van der Waals surface area contributed by atoms with Crippen LogP contribution >= 0.6 is 0 Å². The summed E-state index contributed by atoms with van der Waals surface area (Å²) in [4.78, 5) is 15.0. The third kappa shape index (κ3) is 4.58. The molecule has 8 heteroatoms. The number of hydrogen-bond donors (Lipinski definition) is 1. The fourth-order valence-corrected chi connectivity index (χ4v) is 5.98. The summed E-state index contributed by atoms with van der Waals surface area (Å²) in [6.07, 6.45) is 1.90. The van der Waals surface area contributed by atoms with Gasteiger partial charge in [-0.3, -0.25) is 4.79 Å². The Bertz CT molecular complexity index is 1070. The van der Waals surface area contributed by atoms with Gasteiger partial charge in [0.05, 0.1) is 10.5 Å². The lowest BCUT2D eigenvalue weighted by molar-refractivity contribution is -0.135. The lowest BCUT2D eigenvalue weighted by atomic mass is 9.96. The van der Waals surface area contributed by atoms with Crippen LogP contribution in [0.4, 0.5) is 5.69 Å². The number of nitriles is 1. The standard InChI is InChI=1S/C23H26N4O3S/c24-16-19-6-4-5-9-22(19)31(29,30)27-14-10-18(11-15-27)23(28)26-13-12-21(17-26)25-20-7-2-1-3-8-20/h1-9,18,21,25H,10-15,17H2. The average Bonchev–Trinajstić information content (AvgIpc) is 3.27. The van der Waals surface area contributed by atoms with Crippen LogP contribution in [-0.2, 0) is 14.8 Å². The zero-order valence-electron chi connectivity index (χ0n) is 17.3. The Hall–Kier alpha value is -2.89. The van der Waals surface area contributed by atoms with Gasteiger partial charge in [0.1, 0.15) is 6.07 Å². The maximum atomic E-state index is 13.0. The Kier molecular flexibility index (Phi) is 6.25. The largest absolute Gasteiger partial charge is 0.380 e. The lowest BCUT2D eigenvalue weighted by Gasteiger charge is -2.32. The smallest absolute Gasteiger partial charge is 0.244 e. The predicted octanol–water partition coefficient (Wildman–Crippen LogP) is 2.67. The molecule has 0 spiro atoms. The van der Waals surface area contributed by atoms with Gasteiger partial charge in [0.15, 0.2) is 0 Å². The Balaban J connectivity index is 1.34. The van der Waals surface area contributed by atoms with Crippen molar-refractivity contribution in [3.63, 3.8) is 0 Å². The van der Waals surface area contributed by atoms with Crippen LogP contribution in [0.25, 0.3) is 0 Å². The molecule has 0 radical (unpaired) electrons. The van der Waals surface area contributed by atoms with Crippen LogP contribution in [0, 0.1) is 17.2 Å². The van der Waals surface area contributed by atoms with E-state index in [2.05, 4.69) is 5.32 Å². The molecule has 0 aliphatic carbocycles. The van der Waals surface area contributed by atoms with Crippen LogP contribution in [-0.4, -0.2) is 55.8 Å². The first kappa shape index (κ1) is 21.3. The van der Waals surface area contributed by atoms with Crippen LogP contribution in [0.2, 0.25) is 0 Å². The van der Waals surface area contributed by atoms with Crippen molar-refractivity contribution in [3.05, 3.63) is 60.2 Å². The summed E-state index contributed by atoms with van der Waals surface area (Å²) in [7, 11) is -3.74. The van der Waals surface area contributed by atoms with E-state index >= 15 is 0 Å². The monoisotopic (exact) mass is 438 g/mol. The summed E-state index contributed by atoms with van der Waals surface area (Å²) in [5, 5.41) is 12.7. The highest BCUT2D eigenvalue weighted by Gasteiger charge is 2.36. The van der Waals surface area contributed by atoms with Gasteiger partial charge >= 0.3 is 0 Å². The number of carbonyl (C=O) groups is 1. The number of likely N-dealkylation sites (tertiary alicyclic amines) is 1. The first-order valence-corrected chi connectivity index (χ1v) is 12.0. The zero-order chi connectivity index (χ0) is 21.8. The van der Waals surface area contributed by atoms with Crippen LogP contribution in [0.1, 0.15) is 24.8 Å². The highest BCUT2D eigenvalue weighted by Crippen LogP contribution is 2.28. The van der Waals surface area contributed by atoms with Gasteiger partial charge in [-0.1, -0.05) is 30.3 Å². The minimum atomic E-state index is -3.74. The number of carbonyl (C=O) groups excluding carboxylic acids is 1. The molecule has 31 heavy (non-hydrogen) atoms. The maximum absolute atomic E-state index is 13.0. The molecule has 2 fully saturated rings. The van der Waals surface area contributed by atoms with E-state index in [1.165, 1.54) is 16.4 Å². The normalized spacial score (nSPS) is 20.4. The first-order chi connectivity index (χ1) is 15.0. The second kappa shape index (κ2) is 9.08. The van der Waals surface area contributed by atoms with E-state index < -0.39 is 10.0 Å². The molecule has 0 aromatic heterocycles. The molecule has 4 rings (SSSR count). The molecule has 2 aliphatic heterocycles. The van der Waals surface area contributed by atoms with Crippen molar-refractivity contribution in [2.75, 3.05) is 31.5 Å². The number of nitrogens with one attached hydrogen (secondary N) is 1. The molecule has 0 saturated carbocycles. The number of amides is 1. The molecule has 2 aromatic rings. The number of hydrogen-bond acceptors (Lipinski definition) is 5. The number of rotatable bonds is 5. The van der Waals surface area contributed by atoms with E-state index in [0.717, 1.165) is 18.7 Å². The third-order valence-electron chi connectivity index (χ3n) is 6.07. The van der Waals surface area contributed by atoms with Gasteiger partial charge in [-0.05, 0) is 43.5 Å². The second-order valence-corrected chi connectivity index (χ2v) is 9.97. The van der Waals surface area contributed by atoms with Gasteiger partial charge in [-0.15, -0.1) is 0 Å². The van der Waals surface area contributed by atoms with Gasteiger partial charge in [-0.25, -0.2) is 8.42 Å². The second-order valence-electron chi connectivity index (χ2n) is 8.07. The SMILES string of the molecule is N#Cc1ccccc1S(=O)(=O)N1CCC(C(=O)N2CCC(Nc3ccccc3)C2)CC1. The van der Waals surface area contributed by atoms with Gasteiger partial charge < -0.3 is 10.2 Å². The summed E-state index contributed by atoms with van der Waals surface area (Å²) in [6.45, 7) is 1.97. The molecule has 2 aromatic carbocycles. The van der Waals surface area contributed by atoms with E-state index in [1.54, 1.807) is 12.1 Å². The Morgan fingerprint density at radius 2 is 1.65 bits per heavy atom. The van der Waals surface area contributed by atoms with E-state index in [4.69, 9.17) is 0 Å². The highest BCUT2D eigenvalue weighted by atomic mass is 32.2. The molecule has 1 unspecified atom stereocenters. The average molecular weight is 439 g/mol. The number of para-hydroxylation sites is 1. The van der Waals surface area contributed by atoms with Crippen LogP contribution < -0.4 is 5.32 Å². The molecule has 1 N–H and O–H groups in total. The molecule has 162 valence electrons. The first-order valence-electron chi connectivity index (χ1n) is 10.6. The predicted molar refractivity (Wildman–Crippen MR) is 118 cm³/mol. The van der Waals surface area contributed by atoms with Crippen molar-refractivity contribution >= 4 is 21.6 Å².